The van der Waals surface area contributed by atoms with Gasteiger partial charge in [-0.2, -0.15) is 0 Å². The fourth-order valence-corrected chi connectivity index (χ4v) is 2.33. The van der Waals surface area contributed by atoms with Gasteiger partial charge in [-0.25, -0.2) is 0 Å². The van der Waals surface area contributed by atoms with Crippen LogP contribution in [0.1, 0.15) is 17.0 Å². The van der Waals surface area contributed by atoms with Gasteiger partial charge in [0.05, 0.1) is 6.61 Å². The summed E-state index contributed by atoms with van der Waals surface area (Å²) in [6.07, 6.45) is 0. The minimum Gasteiger partial charge on any atom is -0.487 e. The summed E-state index contributed by atoms with van der Waals surface area (Å²) in [4.78, 5) is 4.28. The third kappa shape index (κ3) is 3.03. The van der Waals surface area contributed by atoms with Gasteiger partial charge in [0.2, 0.25) is 0 Å². The van der Waals surface area contributed by atoms with Crippen LogP contribution in [-0.2, 0) is 13.2 Å². The summed E-state index contributed by atoms with van der Waals surface area (Å²) in [7, 11) is 0. The van der Waals surface area contributed by atoms with Gasteiger partial charge in [0, 0.05) is 5.69 Å². The Kier molecular flexibility index (Phi) is 3.84. The largest absolute Gasteiger partial charge is 0.487 e. The van der Waals surface area contributed by atoms with E-state index in [1.807, 2.05) is 31.2 Å². The molecule has 0 radical (unpaired) electrons. The standard InChI is InChI=1S/C18H17NO2/c1-13-6-9-18(17(11-20)19-13)21-12-14-7-8-15-4-2-3-5-16(15)10-14/h2-10,20H,11-12H2,1H3. The molecule has 0 aliphatic rings. The molecule has 0 saturated heterocycles. The Hall–Kier alpha value is -2.39. The Morgan fingerprint density at radius 1 is 1.00 bits per heavy atom. The van der Waals surface area contributed by atoms with Crippen molar-refractivity contribution in [3.05, 3.63) is 71.5 Å². The minimum atomic E-state index is -0.116. The van der Waals surface area contributed by atoms with Crippen LogP contribution in [-0.4, -0.2) is 10.1 Å². The lowest BCUT2D eigenvalue weighted by molar-refractivity contribution is 0.253. The normalized spacial score (nSPS) is 10.8. The summed E-state index contributed by atoms with van der Waals surface area (Å²) >= 11 is 0. The van der Waals surface area contributed by atoms with Crippen LogP contribution in [0.4, 0.5) is 0 Å². The van der Waals surface area contributed by atoms with Crippen LogP contribution >= 0.6 is 0 Å². The van der Waals surface area contributed by atoms with Crippen molar-refractivity contribution in [3.8, 4) is 5.75 Å². The van der Waals surface area contributed by atoms with Crippen molar-refractivity contribution in [2.75, 3.05) is 0 Å². The number of aromatic nitrogens is 1. The zero-order valence-corrected chi connectivity index (χ0v) is 11.9. The summed E-state index contributed by atoms with van der Waals surface area (Å²) in [5.74, 6) is 0.635. The van der Waals surface area contributed by atoms with Crippen LogP contribution in [0.2, 0.25) is 0 Å². The predicted molar refractivity (Wildman–Crippen MR) is 83.2 cm³/mol. The van der Waals surface area contributed by atoms with Crippen LogP contribution in [0.3, 0.4) is 0 Å². The SMILES string of the molecule is Cc1ccc(OCc2ccc3ccccc3c2)c(CO)n1. The first-order chi connectivity index (χ1) is 10.3. The molecule has 3 rings (SSSR count). The van der Waals surface area contributed by atoms with Crippen molar-refractivity contribution < 1.29 is 9.84 Å². The van der Waals surface area contributed by atoms with Crippen LogP contribution < -0.4 is 4.74 Å². The molecule has 21 heavy (non-hydrogen) atoms. The number of aliphatic hydroxyl groups is 1. The number of hydrogen-bond acceptors (Lipinski definition) is 3. The molecule has 1 N–H and O–H groups in total. The van der Waals surface area contributed by atoms with Gasteiger partial charge in [0.25, 0.3) is 0 Å². The molecule has 3 nitrogen and oxygen atoms in total. The Bertz CT molecular complexity index is 768. The van der Waals surface area contributed by atoms with E-state index in [4.69, 9.17) is 4.74 Å². The van der Waals surface area contributed by atoms with Crippen molar-refractivity contribution in [1.82, 2.24) is 4.98 Å². The number of benzene rings is 2. The first kappa shape index (κ1) is 13.6. The minimum absolute atomic E-state index is 0.116. The van der Waals surface area contributed by atoms with Gasteiger partial charge in [0.1, 0.15) is 18.1 Å². The van der Waals surface area contributed by atoms with E-state index in [0.29, 0.717) is 18.1 Å². The number of pyridine rings is 1. The van der Waals surface area contributed by atoms with Crippen molar-refractivity contribution >= 4 is 10.8 Å². The Balaban J connectivity index is 1.80. The molecule has 0 fully saturated rings. The highest BCUT2D eigenvalue weighted by Crippen LogP contribution is 2.20. The van der Waals surface area contributed by atoms with Gasteiger partial charge in [-0.3, -0.25) is 4.98 Å². The summed E-state index contributed by atoms with van der Waals surface area (Å²) < 4.78 is 5.80. The fourth-order valence-electron chi connectivity index (χ4n) is 2.33. The summed E-state index contributed by atoms with van der Waals surface area (Å²) in [6, 6.07) is 18.3. The molecule has 0 unspecified atom stereocenters. The second-order valence-corrected chi connectivity index (χ2v) is 5.03. The number of fused-ring (bicyclic) bond motifs is 1. The number of rotatable bonds is 4. The molecule has 106 valence electrons. The molecule has 0 amide bonds. The second-order valence-electron chi connectivity index (χ2n) is 5.03. The monoisotopic (exact) mass is 279 g/mol. The molecule has 3 heteroatoms. The number of aliphatic hydroxyl groups excluding tert-OH is 1. The first-order valence-electron chi connectivity index (χ1n) is 6.94. The molecule has 1 aromatic heterocycles. The molecular formula is C18H17NO2. The van der Waals surface area contributed by atoms with E-state index in [1.54, 1.807) is 0 Å². The number of ether oxygens (including phenoxy) is 1. The highest BCUT2D eigenvalue weighted by molar-refractivity contribution is 5.82. The van der Waals surface area contributed by atoms with E-state index in [2.05, 4.69) is 35.3 Å². The average Bonchev–Trinajstić information content (AvgIpc) is 2.53. The average molecular weight is 279 g/mol. The van der Waals surface area contributed by atoms with Gasteiger partial charge < -0.3 is 9.84 Å². The van der Waals surface area contributed by atoms with Crippen LogP contribution in [0.25, 0.3) is 10.8 Å². The van der Waals surface area contributed by atoms with Crippen LogP contribution in [0, 0.1) is 6.92 Å². The lowest BCUT2D eigenvalue weighted by atomic mass is 10.1. The second kappa shape index (κ2) is 5.94. The zero-order valence-electron chi connectivity index (χ0n) is 11.9. The highest BCUT2D eigenvalue weighted by atomic mass is 16.5. The van der Waals surface area contributed by atoms with E-state index in [0.717, 1.165) is 11.3 Å². The third-order valence-corrected chi connectivity index (χ3v) is 3.43. The van der Waals surface area contributed by atoms with Gasteiger partial charge in [-0.05, 0) is 41.5 Å². The smallest absolute Gasteiger partial charge is 0.143 e. The predicted octanol–water partition coefficient (Wildman–Crippen LogP) is 3.61. The lowest BCUT2D eigenvalue weighted by Crippen LogP contribution is -2.01. The maximum Gasteiger partial charge on any atom is 0.143 e. The van der Waals surface area contributed by atoms with E-state index in [-0.39, 0.29) is 6.61 Å². The number of hydrogen-bond donors (Lipinski definition) is 1. The molecule has 0 atom stereocenters. The van der Waals surface area contributed by atoms with Crippen molar-refractivity contribution in [2.24, 2.45) is 0 Å². The van der Waals surface area contributed by atoms with Crippen LogP contribution in [0.15, 0.2) is 54.6 Å². The molecule has 0 spiro atoms. The summed E-state index contributed by atoms with van der Waals surface area (Å²) in [5.41, 5.74) is 2.55. The molecular weight excluding hydrogens is 262 g/mol. The fraction of sp³-hybridized carbons (Fsp3) is 0.167. The number of nitrogens with zero attached hydrogens (tertiary/aromatic N) is 1. The van der Waals surface area contributed by atoms with Crippen molar-refractivity contribution in [1.29, 1.82) is 0 Å². The van der Waals surface area contributed by atoms with Gasteiger partial charge in [-0.1, -0.05) is 36.4 Å². The Labute approximate surface area is 123 Å². The molecule has 3 aromatic rings. The summed E-state index contributed by atoms with van der Waals surface area (Å²) in [5, 5.41) is 11.8. The summed E-state index contributed by atoms with van der Waals surface area (Å²) in [6.45, 7) is 2.24. The van der Waals surface area contributed by atoms with E-state index >= 15 is 0 Å². The lowest BCUT2D eigenvalue weighted by Gasteiger charge is -2.10. The molecule has 0 bridgehead atoms. The van der Waals surface area contributed by atoms with E-state index < -0.39 is 0 Å². The Morgan fingerprint density at radius 3 is 2.62 bits per heavy atom. The number of aryl methyl sites for hydroxylation is 1. The molecule has 0 aliphatic carbocycles. The van der Waals surface area contributed by atoms with Crippen LogP contribution in [0.5, 0.6) is 5.75 Å². The van der Waals surface area contributed by atoms with E-state index in [1.165, 1.54) is 10.8 Å². The molecule has 0 saturated carbocycles. The van der Waals surface area contributed by atoms with Gasteiger partial charge in [-0.15, -0.1) is 0 Å². The first-order valence-corrected chi connectivity index (χ1v) is 6.94. The maximum absolute atomic E-state index is 9.34. The van der Waals surface area contributed by atoms with Gasteiger partial charge in [0.15, 0.2) is 0 Å². The van der Waals surface area contributed by atoms with Gasteiger partial charge >= 0.3 is 0 Å². The molecule has 2 aromatic carbocycles. The third-order valence-electron chi connectivity index (χ3n) is 3.43. The van der Waals surface area contributed by atoms with E-state index in [9.17, 15) is 5.11 Å². The molecule has 0 aliphatic heterocycles. The highest BCUT2D eigenvalue weighted by Gasteiger charge is 2.05. The maximum atomic E-state index is 9.34. The quantitative estimate of drug-likeness (QED) is 0.793. The topological polar surface area (TPSA) is 42.4 Å². The zero-order chi connectivity index (χ0) is 14.7. The molecule has 1 heterocycles. The Morgan fingerprint density at radius 2 is 1.81 bits per heavy atom. The van der Waals surface area contributed by atoms with Crippen molar-refractivity contribution in [2.45, 2.75) is 20.1 Å². The van der Waals surface area contributed by atoms with Crippen molar-refractivity contribution in [3.63, 3.8) is 0 Å².